The SMILES string of the molecule is COc1ccc(CCCNC(=O)CN(c2cc(Cl)ccc2OC)S(=O)(=O)c2ccccc2)cc1. The van der Waals surface area contributed by atoms with Crippen molar-refractivity contribution in [2.75, 3.05) is 31.6 Å². The second kappa shape index (κ2) is 11.8. The van der Waals surface area contributed by atoms with Gasteiger partial charge in [0.2, 0.25) is 5.91 Å². The summed E-state index contributed by atoms with van der Waals surface area (Å²) in [5, 5.41) is 3.13. The molecule has 0 unspecified atom stereocenters. The zero-order valence-corrected chi connectivity index (χ0v) is 20.6. The number of nitrogens with zero attached hydrogens (tertiary/aromatic N) is 1. The van der Waals surface area contributed by atoms with Crippen molar-refractivity contribution in [1.29, 1.82) is 0 Å². The van der Waals surface area contributed by atoms with Gasteiger partial charge in [-0.2, -0.15) is 0 Å². The number of halogens is 1. The lowest BCUT2D eigenvalue weighted by Gasteiger charge is -2.26. The lowest BCUT2D eigenvalue weighted by Crippen LogP contribution is -2.41. The number of nitrogens with one attached hydrogen (secondary N) is 1. The normalized spacial score (nSPS) is 11.0. The second-order valence-corrected chi connectivity index (χ2v) is 9.74. The van der Waals surface area contributed by atoms with Gasteiger partial charge in [-0.15, -0.1) is 0 Å². The first kappa shape index (κ1) is 25.4. The van der Waals surface area contributed by atoms with Gasteiger partial charge in [-0.3, -0.25) is 9.10 Å². The predicted octanol–water partition coefficient (Wildman–Crippen LogP) is 4.30. The molecule has 0 aliphatic carbocycles. The van der Waals surface area contributed by atoms with E-state index in [1.165, 1.54) is 25.3 Å². The smallest absolute Gasteiger partial charge is 0.264 e. The predicted molar refractivity (Wildman–Crippen MR) is 133 cm³/mol. The van der Waals surface area contributed by atoms with E-state index >= 15 is 0 Å². The van der Waals surface area contributed by atoms with Gasteiger partial charge >= 0.3 is 0 Å². The maximum absolute atomic E-state index is 13.5. The largest absolute Gasteiger partial charge is 0.497 e. The van der Waals surface area contributed by atoms with Gasteiger partial charge in [-0.1, -0.05) is 41.9 Å². The molecule has 0 aliphatic heterocycles. The number of rotatable bonds is 11. The molecule has 7 nitrogen and oxygen atoms in total. The Morgan fingerprint density at radius 1 is 0.971 bits per heavy atom. The summed E-state index contributed by atoms with van der Waals surface area (Å²) >= 11 is 6.14. The number of carbonyl (C=O) groups excluding carboxylic acids is 1. The molecule has 0 heterocycles. The number of hydrogen-bond acceptors (Lipinski definition) is 5. The van der Waals surface area contributed by atoms with Gasteiger partial charge < -0.3 is 14.8 Å². The van der Waals surface area contributed by atoms with Gasteiger partial charge in [0, 0.05) is 11.6 Å². The molecule has 0 aromatic heterocycles. The summed E-state index contributed by atoms with van der Waals surface area (Å²) in [5.41, 5.74) is 1.30. The number of aryl methyl sites for hydroxylation is 1. The Bertz CT molecular complexity index is 1200. The average molecular weight is 503 g/mol. The van der Waals surface area contributed by atoms with E-state index in [1.54, 1.807) is 37.4 Å². The molecule has 9 heteroatoms. The van der Waals surface area contributed by atoms with Crippen molar-refractivity contribution in [1.82, 2.24) is 5.32 Å². The molecular formula is C25H27ClN2O5S. The fourth-order valence-electron chi connectivity index (χ4n) is 3.38. The molecule has 0 radical (unpaired) electrons. The van der Waals surface area contributed by atoms with E-state index in [2.05, 4.69) is 5.32 Å². The number of amides is 1. The van der Waals surface area contributed by atoms with Crippen LogP contribution in [-0.2, 0) is 21.2 Å². The Labute approximate surface area is 205 Å². The van der Waals surface area contributed by atoms with Crippen LogP contribution in [0.15, 0.2) is 77.7 Å². The highest BCUT2D eigenvalue weighted by Crippen LogP contribution is 2.34. The highest BCUT2D eigenvalue weighted by molar-refractivity contribution is 7.92. The third-order valence-electron chi connectivity index (χ3n) is 5.15. The van der Waals surface area contributed by atoms with Crippen molar-refractivity contribution in [2.45, 2.75) is 17.7 Å². The summed E-state index contributed by atoms with van der Waals surface area (Å²) in [7, 11) is -1.01. The lowest BCUT2D eigenvalue weighted by molar-refractivity contribution is -0.119. The van der Waals surface area contributed by atoms with Crippen LogP contribution in [-0.4, -0.2) is 41.6 Å². The molecule has 0 atom stereocenters. The quantitative estimate of drug-likeness (QED) is 0.395. The van der Waals surface area contributed by atoms with Gasteiger partial charge in [0.15, 0.2) is 0 Å². The summed E-state index contributed by atoms with van der Waals surface area (Å²) in [6.45, 7) is -0.0206. The summed E-state index contributed by atoms with van der Waals surface area (Å²) in [5.74, 6) is 0.640. The van der Waals surface area contributed by atoms with Gasteiger partial charge in [0.25, 0.3) is 10.0 Å². The standard InChI is InChI=1S/C25H27ClN2O5S/c1-32-21-13-10-19(11-14-21)7-6-16-27-25(29)18-28(23-17-20(26)12-15-24(23)33-2)34(30,31)22-8-4-3-5-9-22/h3-5,8-15,17H,6-7,16,18H2,1-2H3,(H,27,29). The summed E-state index contributed by atoms with van der Waals surface area (Å²) < 4.78 is 38.4. The fourth-order valence-corrected chi connectivity index (χ4v) is 4.99. The van der Waals surface area contributed by atoms with E-state index in [1.807, 2.05) is 24.3 Å². The Morgan fingerprint density at radius 3 is 2.32 bits per heavy atom. The van der Waals surface area contributed by atoms with Gasteiger partial charge in [0.1, 0.15) is 18.0 Å². The number of anilines is 1. The number of benzene rings is 3. The van der Waals surface area contributed by atoms with Crippen molar-refractivity contribution in [3.8, 4) is 11.5 Å². The molecular weight excluding hydrogens is 476 g/mol. The van der Waals surface area contributed by atoms with E-state index in [-0.39, 0.29) is 16.3 Å². The third-order valence-corrected chi connectivity index (χ3v) is 7.16. The van der Waals surface area contributed by atoms with Crippen LogP contribution >= 0.6 is 11.6 Å². The first-order chi connectivity index (χ1) is 16.3. The zero-order valence-electron chi connectivity index (χ0n) is 19.0. The molecule has 1 amide bonds. The van der Waals surface area contributed by atoms with E-state index in [9.17, 15) is 13.2 Å². The van der Waals surface area contributed by atoms with Crippen LogP contribution in [0.5, 0.6) is 11.5 Å². The Hall–Kier alpha value is -3.23. The fraction of sp³-hybridized carbons (Fsp3) is 0.240. The summed E-state index contributed by atoms with van der Waals surface area (Å²) in [4.78, 5) is 12.8. The molecule has 0 fully saturated rings. The van der Waals surface area contributed by atoms with E-state index in [0.717, 1.165) is 22.0 Å². The summed E-state index contributed by atoms with van der Waals surface area (Å²) in [6.07, 6.45) is 1.46. The molecule has 0 saturated heterocycles. The van der Waals surface area contributed by atoms with Crippen molar-refractivity contribution in [3.63, 3.8) is 0 Å². The van der Waals surface area contributed by atoms with Crippen LogP contribution in [0.4, 0.5) is 5.69 Å². The minimum Gasteiger partial charge on any atom is -0.497 e. The van der Waals surface area contributed by atoms with Crippen LogP contribution in [0.3, 0.4) is 0 Å². The Morgan fingerprint density at radius 2 is 1.68 bits per heavy atom. The Balaban J connectivity index is 1.74. The minimum atomic E-state index is -4.06. The van der Waals surface area contributed by atoms with Crippen molar-refractivity contribution in [3.05, 3.63) is 83.4 Å². The van der Waals surface area contributed by atoms with Crippen LogP contribution in [0.1, 0.15) is 12.0 Å². The van der Waals surface area contributed by atoms with Crippen LogP contribution in [0.2, 0.25) is 5.02 Å². The molecule has 1 N–H and O–H groups in total. The maximum Gasteiger partial charge on any atom is 0.264 e. The Kier molecular flexibility index (Phi) is 8.79. The number of methoxy groups -OCH3 is 2. The third kappa shape index (κ3) is 6.42. The van der Waals surface area contributed by atoms with Gasteiger partial charge in [-0.05, 0) is 60.9 Å². The van der Waals surface area contributed by atoms with Crippen LogP contribution in [0, 0.1) is 0 Å². The summed E-state index contributed by atoms with van der Waals surface area (Å²) in [6, 6.07) is 20.3. The van der Waals surface area contributed by atoms with Crippen molar-refractivity contribution < 1.29 is 22.7 Å². The molecule has 3 rings (SSSR count). The van der Waals surface area contributed by atoms with Gasteiger partial charge in [0.05, 0.1) is 24.8 Å². The highest BCUT2D eigenvalue weighted by Gasteiger charge is 2.29. The van der Waals surface area contributed by atoms with Gasteiger partial charge in [-0.25, -0.2) is 8.42 Å². The number of ether oxygens (including phenoxy) is 2. The van der Waals surface area contributed by atoms with E-state index in [0.29, 0.717) is 18.0 Å². The maximum atomic E-state index is 13.5. The van der Waals surface area contributed by atoms with E-state index in [4.69, 9.17) is 21.1 Å². The topological polar surface area (TPSA) is 84.9 Å². The first-order valence-electron chi connectivity index (χ1n) is 10.7. The molecule has 0 aliphatic rings. The minimum absolute atomic E-state index is 0.0596. The van der Waals surface area contributed by atoms with E-state index < -0.39 is 22.5 Å². The monoisotopic (exact) mass is 502 g/mol. The van der Waals surface area contributed by atoms with Crippen molar-refractivity contribution in [2.24, 2.45) is 0 Å². The number of hydrogen-bond donors (Lipinski definition) is 1. The molecule has 34 heavy (non-hydrogen) atoms. The number of sulfonamides is 1. The lowest BCUT2D eigenvalue weighted by atomic mass is 10.1. The number of carbonyl (C=O) groups is 1. The highest BCUT2D eigenvalue weighted by atomic mass is 35.5. The molecule has 3 aromatic rings. The molecule has 180 valence electrons. The van der Waals surface area contributed by atoms with Crippen molar-refractivity contribution >= 4 is 33.2 Å². The zero-order chi connectivity index (χ0) is 24.6. The molecule has 0 spiro atoms. The molecule has 0 saturated carbocycles. The average Bonchev–Trinajstić information content (AvgIpc) is 2.86. The molecule has 3 aromatic carbocycles. The van der Waals surface area contributed by atoms with Crippen LogP contribution in [0.25, 0.3) is 0 Å². The first-order valence-corrected chi connectivity index (χ1v) is 12.5. The second-order valence-electron chi connectivity index (χ2n) is 7.44. The molecule has 0 bridgehead atoms. The van der Waals surface area contributed by atoms with Crippen LogP contribution < -0.4 is 19.1 Å².